The lowest BCUT2D eigenvalue weighted by atomic mass is 9.78. The Bertz CT molecular complexity index is 339. The van der Waals surface area contributed by atoms with Crippen molar-refractivity contribution < 1.29 is 4.79 Å². The molecule has 2 nitrogen and oxygen atoms in total. The Balaban J connectivity index is 1.86. The molecular formula is C13H19NOS. The van der Waals surface area contributed by atoms with Crippen LogP contribution in [-0.2, 0) is 11.2 Å². The fourth-order valence-corrected chi connectivity index (χ4v) is 3.18. The van der Waals surface area contributed by atoms with Crippen molar-refractivity contribution in [3.05, 3.63) is 22.4 Å². The molecule has 0 saturated heterocycles. The molecule has 88 valence electrons. The van der Waals surface area contributed by atoms with Crippen LogP contribution in [0.25, 0.3) is 0 Å². The second-order valence-electron chi connectivity index (χ2n) is 4.95. The van der Waals surface area contributed by atoms with Gasteiger partial charge in [-0.3, -0.25) is 4.79 Å². The van der Waals surface area contributed by atoms with Crippen molar-refractivity contribution in [2.24, 2.45) is 5.73 Å². The van der Waals surface area contributed by atoms with Crippen molar-refractivity contribution in [1.29, 1.82) is 0 Å². The van der Waals surface area contributed by atoms with E-state index in [1.807, 2.05) is 16.8 Å². The number of nitrogens with two attached hydrogens (primary N) is 1. The van der Waals surface area contributed by atoms with Gasteiger partial charge in [0.25, 0.3) is 0 Å². The predicted molar refractivity (Wildman–Crippen MR) is 67.7 cm³/mol. The van der Waals surface area contributed by atoms with Crippen molar-refractivity contribution in [2.75, 3.05) is 0 Å². The van der Waals surface area contributed by atoms with E-state index >= 15 is 0 Å². The first-order valence-electron chi connectivity index (χ1n) is 6.00. The Morgan fingerprint density at radius 2 is 2.12 bits per heavy atom. The smallest absolute Gasteiger partial charge is 0.139 e. The van der Waals surface area contributed by atoms with E-state index in [2.05, 4.69) is 0 Å². The van der Waals surface area contributed by atoms with E-state index in [-0.39, 0.29) is 5.54 Å². The average molecular weight is 237 g/mol. The van der Waals surface area contributed by atoms with E-state index in [4.69, 9.17) is 5.73 Å². The van der Waals surface area contributed by atoms with Crippen LogP contribution < -0.4 is 5.73 Å². The first-order chi connectivity index (χ1) is 7.68. The molecule has 0 bridgehead atoms. The highest BCUT2D eigenvalue weighted by Crippen LogP contribution is 2.29. The highest BCUT2D eigenvalue weighted by Gasteiger charge is 2.29. The Morgan fingerprint density at radius 3 is 2.75 bits per heavy atom. The van der Waals surface area contributed by atoms with Gasteiger partial charge < -0.3 is 5.73 Å². The summed E-state index contributed by atoms with van der Waals surface area (Å²) in [6.07, 6.45) is 6.79. The molecule has 0 spiro atoms. The monoisotopic (exact) mass is 237 g/mol. The molecule has 0 radical (unpaired) electrons. The van der Waals surface area contributed by atoms with E-state index in [0.717, 1.165) is 18.4 Å². The molecule has 2 N–H and O–H groups in total. The molecule has 0 atom stereocenters. The van der Waals surface area contributed by atoms with E-state index in [1.165, 1.54) is 19.3 Å². The van der Waals surface area contributed by atoms with Gasteiger partial charge in [-0.2, -0.15) is 11.3 Å². The van der Waals surface area contributed by atoms with Crippen LogP contribution in [0.1, 0.15) is 44.1 Å². The maximum absolute atomic E-state index is 11.9. The topological polar surface area (TPSA) is 43.1 Å². The second-order valence-corrected chi connectivity index (χ2v) is 5.73. The zero-order valence-corrected chi connectivity index (χ0v) is 10.4. The van der Waals surface area contributed by atoms with Gasteiger partial charge in [-0.15, -0.1) is 0 Å². The third-order valence-electron chi connectivity index (χ3n) is 3.38. The highest BCUT2D eigenvalue weighted by molar-refractivity contribution is 7.07. The minimum atomic E-state index is -0.203. The second kappa shape index (κ2) is 5.11. The summed E-state index contributed by atoms with van der Waals surface area (Å²) >= 11 is 1.64. The molecule has 0 unspecified atom stereocenters. The summed E-state index contributed by atoms with van der Waals surface area (Å²) in [5.41, 5.74) is 7.20. The van der Waals surface area contributed by atoms with Gasteiger partial charge in [-0.1, -0.05) is 19.3 Å². The first kappa shape index (κ1) is 11.8. The minimum Gasteiger partial charge on any atom is -0.325 e. The van der Waals surface area contributed by atoms with Gasteiger partial charge in [-0.25, -0.2) is 0 Å². The molecule has 1 aliphatic rings. The fraction of sp³-hybridized carbons (Fsp3) is 0.615. The Kier molecular flexibility index (Phi) is 3.77. The predicted octanol–water partition coefficient (Wildman–Crippen LogP) is 2.91. The summed E-state index contributed by atoms with van der Waals surface area (Å²) in [5, 5.41) is 4.06. The molecule has 1 saturated carbocycles. The van der Waals surface area contributed by atoms with Crippen LogP contribution in [0.4, 0.5) is 0 Å². The fourth-order valence-electron chi connectivity index (χ4n) is 2.51. The molecule has 1 aromatic rings. The molecule has 1 aromatic heterocycles. The van der Waals surface area contributed by atoms with Crippen LogP contribution >= 0.6 is 11.3 Å². The minimum absolute atomic E-state index is 0.203. The van der Waals surface area contributed by atoms with E-state index in [9.17, 15) is 4.79 Å². The Labute approximate surface area is 101 Å². The first-order valence-corrected chi connectivity index (χ1v) is 6.94. The third-order valence-corrected chi connectivity index (χ3v) is 4.11. The maximum Gasteiger partial charge on any atom is 0.139 e. The molecular weight excluding hydrogens is 218 g/mol. The average Bonchev–Trinajstić information content (AvgIpc) is 2.70. The Morgan fingerprint density at radius 1 is 1.38 bits per heavy atom. The SMILES string of the molecule is NC1(CC(=O)Cc2ccsc2)CCCCC1. The number of Topliss-reactive ketones (excluding diaryl/α,β-unsaturated/α-hetero) is 1. The van der Waals surface area contributed by atoms with E-state index in [1.54, 1.807) is 11.3 Å². The summed E-state index contributed by atoms with van der Waals surface area (Å²) in [4.78, 5) is 11.9. The summed E-state index contributed by atoms with van der Waals surface area (Å²) in [5.74, 6) is 0.294. The number of carbonyl (C=O) groups is 1. The summed E-state index contributed by atoms with van der Waals surface area (Å²) in [7, 11) is 0. The number of hydrogen-bond acceptors (Lipinski definition) is 3. The van der Waals surface area contributed by atoms with Gasteiger partial charge in [0.05, 0.1) is 0 Å². The Hall–Kier alpha value is -0.670. The zero-order valence-electron chi connectivity index (χ0n) is 9.58. The molecule has 0 aliphatic heterocycles. The normalized spacial score (nSPS) is 19.6. The maximum atomic E-state index is 11.9. The van der Waals surface area contributed by atoms with Crippen molar-refractivity contribution in [1.82, 2.24) is 0 Å². The van der Waals surface area contributed by atoms with Crippen molar-refractivity contribution >= 4 is 17.1 Å². The third kappa shape index (κ3) is 3.16. The molecule has 0 aromatic carbocycles. The quantitative estimate of drug-likeness (QED) is 0.875. The van der Waals surface area contributed by atoms with Crippen LogP contribution in [-0.4, -0.2) is 11.3 Å². The lowest BCUT2D eigenvalue weighted by Crippen LogP contribution is -2.43. The van der Waals surface area contributed by atoms with Gasteiger partial charge in [-0.05, 0) is 35.2 Å². The van der Waals surface area contributed by atoms with Gasteiger partial charge in [0, 0.05) is 18.4 Å². The molecule has 0 amide bonds. The van der Waals surface area contributed by atoms with Crippen molar-refractivity contribution in [3.8, 4) is 0 Å². The highest BCUT2D eigenvalue weighted by atomic mass is 32.1. The van der Waals surface area contributed by atoms with Gasteiger partial charge in [0.2, 0.25) is 0 Å². The van der Waals surface area contributed by atoms with Crippen molar-refractivity contribution in [3.63, 3.8) is 0 Å². The lowest BCUT2D eigenvalue weighted by molar-refractivity contribution is -0.119. The standard InChI is InChI=1S/C13H19NOS/c14-13(5-2-1-3-6-13)9-12(15)8-11-4-7-16-10-11/h4,7,10H,1-3,5-6,8-9,14H2. The molecule has 16 heavy (non-hydrogen) atoms. The molecule has 1 heterocycles. The number of carbonyl (C=O) groups excluding carboxylic acids is 1. The summed E-state index contributed by atoms with van der Waals surface area (Å²) in [6.45, 7) is 0. The molecule has 2 rings (SSSR count). The number of hydrogen-bond donors (Lipinski definition) is 1. The number of ketones is 1. The van der Waals surface area contributed by atoms with Crippen LogP contribution in [0.5, 0.6) is 0 Å². The van der Waals surface area contributed by atoms with Crippen LogP contribution in [0.2, 0.25) is 0 Å². The molecule has 1 aliphatic carbocycles. The van der Waals surface area contributed by atoms with Crippen LogP contribution in [0.3, 0.4) is 0 Å². The number of thiophene rings is 1. The zero-order chi connectivity index (χ0) is 11.4. The largest absolute Gasteiger partial charge is 0.325 e. The van der Waals surface area contributed by atoms with Gasteiger partial charge >= 0.3 is 0 Å². The molecule has 3 heteroatoms. The van der Waals surface area contributed by atoms with Crippen LogP contribution in [0.15, 0.2) is 16.8 Å². The summed E-state index contributed by atoms with van der Waals surface area (Å²) in [6, 6.07) is 2.02. The van der Waals surface area contributed by atoms with E-state index < -0.39 is 0 Å². The number of rotatable bonds is 4. The molecule has 1 fully saturated rings. The lowest BCUT2D eigenvalue weighted by Gasteiger charge is -2.32. The summed E-state index contributed by atoms with van der Waals surface area (Å²) < 4.78 is 0. The van der Waals surface area contributed by atoms with Crippen LogP contribution in [0, 0.1) is 0 Å². The van der Waals surface area contributed by atoms with E-state index in [0.29, 0.717) is 18.6 Å². The van der Waals surface area contributed by atoms with Crippen molar-refractivity contribution in [2.45, 2.75) is 50.5 Å². The van der Waals surface area contributed by atoms with Gasteiger partial charge in [0.1, 0.15) is 5.78 Å². The van der Waals surface area contributed by atoms with Gasteiger partial charge in [0.15, 0.2) is 0 Å².